The molecule has 30 heavy (non-hydrogen) atoms. The summed E-state index contributed by atoms with van der Waals surface area (Å²) in [5, 5.41) is 6.65. The van der Waals surface area contributed by atoms with Crippen molar-refractivity contribution in [1.82, 2.24) is 9.88 Å². The molecule has 1 aromatic heterocycles. The first-order chi connectivity index (χ1) is 14.4. The molecule has 0 bridgehead atoms. The molecular formula is C22H23N3O4S. The van der Waals surface area contributed by atoms with Crippen molar-refractivity contribution in [3.05, 3.63) is 77.2 Å². The number of hydrogen-bond donors (Lipinski definition) is 2. The van der Waals surface area contributed by atoms with Crippen LogP contribution in [0.1, 0.15) is 35.9 Å². The fourth-order valence-corrected chi connectivity index (χ4v) is 3.69. The van der Waals surface area contributed by atoms with Crippen molar-refractivity contribution in [2.45, 2.75) is 31.7 Å². The van der Waals surface area contributed by atoms with Crippen LogP contribution in [-0.4, -0.2) is 19.5 Å². The average Bonchev–Trinajstić information content (AvgIpc) is 3.11. The number of aryl methyl sites for hydroxylation is 1. The second-order valence-corrected chi connectivity index (χ2v) is 8.39. The Kier molecular flexibility index (Phi) is 6.81. The van der Waals surface area contributed by atoms with Gasteiger partial charge in [-0.2, -0.15) is 0 Å². The Balaban J connectivity index is 1.69. The minimum atomic E-state index is -3.61. The second-order valence-electron chi connectivity index (χ2n) is 6.62. The van der Waals surface area contributed by atoms with Gasteiger partial charge in [0.05, 0.1) is 4.90 Å². The van der Waals surface area contributed by atoms with Crippen LogP contribution in [0.3, 0.4) is 0 Å². The molecule has 3 aromatic rings. The molecule has 0 aliphatic heterocycles. The predicted octanol–water partition coefficient (Wildman–Crippen LogP) is 3.98. The molecule has 2 aromatic carbocycles. The Bertz CT molecular complexity index is 1130. The minimum Gasteiger partial charge on any atom is -0.354 e. The van der Waals surface area contributed by atoms with Gasteiger partial charge in [0.25, 0.3) is 0 Å². The summed E-state index contributed by atoms with van der Waals surface area (Å²) < 4.78 is 32.8. The molecule has 0 saturated carbocycles. The van der Waals surface area contributed by atoms with Gasteiger partial charge in [0.1, 0.15) is 11.4 Å². The van der Waals surface area contributed by atoms with Crippen LogP contribution in [0.2, 0.25) is 0 Å². The van der Waals surface area contributed by atoms with Crippen molar-refractivity contribution >= 4 is 33.8 Å². The van der Waals surface area contributed by atoms with E-state index in [-0.39, 0.29) is 17.3 Å². The molecule has 0 fully saturated rings. The smallest absolute Gasteiger partial charge is 0.240 e. The van der Waals surface area contributed by atoms with Gasteiger partial charge in [-0.25, -0.2) is 13.1 Å². The van der Waals surface area contributed by atoms with Crippen LogP contribution >= 0.6 is 0 Å². The Morgan fingerprint density at radius 3 is 2.43 bits per heavy atom. The lowest BCUT2D eigenvalue weighted by Gasteiger charge is -2.07. The van der Waals surface area contributed by atoms with E-state index in [1.54, 1.807) is 50.3 Å². The number of anilines is 1. The third-order valence-electron chi connectivity index (χ3n) is 4.40. The van der Waals surface area contributed by atoms with Gasteiger partial charge in [-0.15, -0.1) is 0 Å². The van der Waals surface area contributed by atoms with Gasteiger partial charge in [-0.3, -0.25) is 4.79 Å². The first kappa shape index (κ1) is 21.5. The van der Waals surface area contributed by atoms with Gasteiger partial charge in [0.2, 0.25) is 15.9 Å². The molecule has 156 valence electrons. The average molecular weight is 426 g/mol. The fraction of sp³-hybridized carbons (Fsp3) is 0.182. The molecule has 0 spiro atoms. The van der Waals surface area contributed by atoms with Crippen molar-refractivity contribution in [3.63, 3.8) is 0 Å². The molecular weight excluding hydrogens is 402 g/mol. The summed E-state index contributed by atoms with van der Waals surface area (Å²) in [5.41, 5.74) is 2.78. The highest BCUT2D eigenvalue weighted by Crippen LogP contribution is 2.23. The van der Waals surface area contributed by atoms with Crippen LogP contribution in [0.25, 0.3) is 12.2 Å². The van der Waals surface area contributed by atoms with Gasteiger partial charge in [0, 0.05) is 13.0 Å². The van der Waals surface area contributed by atoms with E-state index in [0.717, 1.165) is 11.1 Å². The highest BCUT2D eigenvalue weighted by molar-refractivity contribution is 7.89. The van der Waals surface area contributed by atoms with E-state index in [1.807, 2.05) is 30.3 Å². The molecule has 8 heteroatoms. The maximum atomic E-state index is 12.5. The van der Waals surface area contributed by atoms with Crippen LogP contribution in [0.4, 0.5) is 5.69 Å². The molecule has 0 atom stereocenters. The normalized spacial score (nSPS) is 11.7. The zero-order valence-corrected chi connectivity index (χ0v) is 17.6. The van der Waals surface area contributed by atoms with E-state index in [4.69, 9.17) is 4.52 Å². The zero-order valence-electron chi connectivity index (χ0n) is 16.8. The molecule has 2 N–H and O–H groups in total. The number of amides is 1. The first-order valence-electron chi connectivity index (χ1n) is 9.47. The first-order valence-corrected chi connectivity index (χ1v) is 10.9. The summed E-state index contributed by atoms with van der Waals surface area (Å²) in [7, 11) is -3.61. The lowest BCUT2D eigenvalue weighted by Crippen LogP contribution is -2.23. The topological polar surface area (TPSA) is 101 Å². The highest BCUT2D eigenvalue weighted by Gasteiger charge is 2.14. The summed E-state index contributed by atoms with van der Waals surface area (Å²) in [6.45, 7) is 3.73. The Labute approximate surface area is 175 Å². The van der Waals surface area contributed by atoms with Crippen LogP contribution < -0.4 is 10.0 Å². The summed E-state index contributed by atoms with van der Waals surface area (Å²) >= 11 is 0. The number of benzene rings is 2. The maximum Gasteiger partial charge on any atom is 0.240 e. The molecule has 0 aliphatic carbocycles. The highest BCUT2D eigenvalue weighted by atomic mass is 32.2. The van der Waals surface area contributed by atoms with Gasteiger partial charge in [0.15, 0.2) is 5.76 Å². The Hall–Kier alpha value is -3.23. The zero-order chi connectivity index (χ0) is 21.6. The monoisotopic (exact) mass is 425 g/mol. The van der Waals surface area contributed by atoms with E-state index < -0.39 is 10.0 Å². The number of hydrogen-bond acceptors (Lipinski definition) is 5. The number of carbonyl (C=O) groups excluding carboxylic acids is 1. The Morgan fingerprint density at radius 2 is 1.77 bits per heavy atom. The molecule has 1 amide bonds. The molecule has 0 saturated heterocycles. The van der Waals surface area contributed by atoms with E-state index in [1.165, 1.54) is 0 Å². The van der Waals surface area contributed by atoms with Gasteiger partial charge in [-0.05, 0) is 36.3 Å². The van der Waals surface area contributed by atoms with Gasteiger partial charge in [-0.1, -0.05) is 60.6 Å². The summed E-state index contributed by atoms with van der Waals surface area (Å²) in [6.07, 6.45) is 3.79. The molecule has 0 aliphatic rings. The second kappa shape index (κ2) is 9.51. The fourth-order valence-electron chi connectivity index (χ4n) is 2.67. The van der Waals surface area contributed by atoms with Crippen molar-refractivity contribution in [3.8, 4) is 0 Å². The quantitative estimate of drug-likeness (QED) is 0.568. The Morgan fingerprint density at radius 1 is 1.07 bits per heavy atom. The molecule has 1 heterocycles. The predicted molar refractivity (Wildman–Crippen MR) is 116 cm³/mol. The van der Waals surface area contributed by atoms with E-state index in [0.29, 0.717) is 23.6 Å². The number of rotatable bonds is 8. The van der Waals surface area contributed by atoms with Crippen molar-refractivity contribution in [2.24, 2.45) is 0 Å². The third kappa shape index (κ3) is 5.43. The maximum absolute atomic E-state index is 12.5. The SMILES string of the molecule is CCC(=O)Nc1c(C)noc1/C=C\c1ccc(S(=O)(=O)NCc2ccccc2)cc1. The number of carbonyl (C=O) groups is 1. The van der Waals surface area contributed by atoms with Crippen LogP contribution in [0, 0.1) is 6.92 Å². The van der Waals surface area contributed by atoms with Crippen molar-refractivity contribution < 1.29 is 17.7 Å². The van der Waals surface area contributed by atoms with Crippen molar-refractivity contribution in [2.75, 3.05) is 5.32 Å². The van der Waals surface area contributed by atoms with Crippen LogP contribution in [-0.2, 0) is 21.4 Å². The van der Waals surface area contributed by atoms with E-state index in [2.05, 4.69) is 15.2 Å². The number of nitrogens with one attached hydrogen (secondary N) is 2. The van der Waals surface area contributed by atoms with E-state index in [9.17, 15) is 13.2 Å². The van der Waals surface area contributed by atoms with E-state index >= 15 is 0 Å². The van der Waals surface area contributed by atoms with Crippen LogP contribution in [0.15, 0.2) is 64.0 Å². The lowest BCUT2D eigenvalue weighted by molar-refractivity contribution is -0.115. The van der Waals surface area contributed by atoms with Gasteiger partial charge >= 0.3 is 0 Å². The molecule has 0 radical (unpaired) electrons. The van der Waals surface area contributed by atoms with Crippen molar-refractivity contribution in [1.29, 1.82) is 0 Å². The standard InChI is InChI=1S/C22H23N3O4S/c1-3-21(26)24-22-16(2)25-29-20(22)14-11-17-9-12-19(13-10-17)30(27,28)23-15-18-7-5-4-6-8-18/h4-14,23H,3,15H2,1-2H3,(H,24,26)/b14-11-. The number of nitrogens with zero attached hydrogens (tertiary/aromatic N) is 1. The summed E-state index contributed by atoms with van der Waals surface area (Å²) in [6, 6.07) is 15.8. The molecule has 3 rings (SSSR count). The summed E-state index contributed by atoms with van der Waals surface area (Å²) in [4.78, 5) is 11.8. The molecule has 0 unspecified atom stereocenters. The number of sulfonamides is 1. The van der Waals surface area contributed by atoms with Crippen LogP contribution in [0.5, 0.6) is 0 Å². The summed E-state index contributed by atoms with van der Waals surface area (Å²) in [5.74, 6) is 0.295. The largest absolute Gasteiger partial charge is 0.354 e. The number of aromatic nitrogens is 1. The minimum absolute atomic E-state index is 0.131. The molecule has 7 nitrogen and oxygen atoms in total. The van der Waals surface area contributed by atoms with Gasteiger partial charge < -0.3 is 9.84 Å². The lowest BCUT2D eigenvalue weighted by atomic mass is 10.2. The third-order valence-corrected chi connectivity index (χ3v) is 5.82.